The number of carbonyl (C=O) groups is 1. The van der Waals surface area contributed by atoms with Gasteiger partial charge in [0.05, 0.1) is 11.0 Å². The molecule has 2 N–H and O–H groups in total. The van der Waals surface area contributed by atoms with E-state index < -0.39 is 5.91 Å². The van der Waals surface area contributed by atoms with Crippen LogP contribution in [0.3, 0.4) is 0 Å². The standard InChI is InChI=1S/C22H18ClN3O/c1-26-20-11-8-17(21(24)27)13-19(20)25-22(26)16-6-2-14(3-7-16)12-15-4-9-18(23)10-5-15/h2-11,13H,12H2,1H3,(H2,24,27). The average molecular weight is 376 g/mol. The number of amides is 1. The molecule has 0 fully saturated rings. The van der Waals surface area contributed by atoms with Gasteiger partial charge in [0.2, 0.25) is 5.91 Å². The molecule has 5 heteroatoms. The first-order valence-corrected chi connectivity index (χ1v) is 8.99. The third-order valence-electron chi connectivity index (χ3n) is 4.70. The molecule has 0 atom stereocenters. The van der Waals surface area contributed by atoms with E-state index in [4.69, 9.17) is 17.3 Å². The van der Waals surface area contributed by atoms with Gasteiger partial charge in [0.1, 0.15) is 5.82 Å². The fourth-order valence-electron chi connectivity index (χ4n) is 3.22. The van der Waals surface area contributed by atoms with E-state index in [0.717, 1.165) is 33.9 Å². The number of imidazole rings is 1. The van der Waals surface area contributed by atoms with Gasteiger partial charge >= 0.3 is 0 Å². The first-order chi connectivity index (χ1) is 13.0. The van der Waals surface area contributed by atoms with Crippen LogP contribution >= 0.6 is 11.6 Å². The number of carbonyl (C=O) groups excluding carboxylic acids is 1. The second kappa shape index (κ2) is 6.89. The van der Waals surface area contributed by atoms with Crippen LogP contribution in [0.25, 0.3) is 22.4 Å². The second-order valence-electron chi connectivity index (χ2n) is 6.56. The molecule has 4 rings (SSSR count). The Kier molecular flexibility index (Phi) is 4.42. The van der Waals surface area contributed by atoms with Gasteiger partial charge in [0.25, 0.3) is 0 Å². The summed E-state index contributed by atoms with van der Waals surface area (Å²) < 4.78 is 2.02. The van der Waals surface area contributed by atoms with Crippen molar-refractivity contribution in [2.45, 2.75) is 6.42 Å². The van der Waals surface area contributed by atoms with Gasteiger partial charge in [-0.05, 0) is 47.9 Å². The number of nitrogens with zero attached hydrogens (tertiary/aromatic N) is 2. The Morgan fingerprint density at radius 2 is 1.63 bits per heavy atom. The number of aryl methyl sites for hydroxylation is 1. The van der Waals surface area contributed by atoms with Crippen molar-refractivity contribution in [3.05, 3.63) is 88.4 Å². The Morgan fingerprint density at radius 3 is 2.26 bits per heavy atom. The highest BCUT2D eigenvalue weighted by Crippen LogP contribution is 2.25. The van der Waals surface area contributed by atoms with E-state index in [2.05, 4.69) is 29.2 Å². The maximum absolute atomic E-state index is 11.4. The summed E-state index contributed by atoms with van der Waals surface area (Å²) in [5.74, 6) is 0.403. The first-order valence-electron chi connectivity index (χ1n) is 8.61. The zero-order valence-corrected chi connectivity index (χ0v) is 15.6. The maximum atomic E-state index is 11.4. The molecule has 0 saturated heterocycles. The van der Waals surface area contributed by atoms with Crippen LogP contribution in [0.15, 0.2) is 66.7 Å². The summed E-state index contributed by atoms with van der Waals surface area (Å²) in [5.41, 5.74) is 11.0. The molecule has 4 nitrogen and oxygen atoms in total. The Hall–Kier alpha value is -3.11. The normalized spacial score (nSPS) is 11.0. The largest absolute Gasteiger partial charge is 0.366 e. The van der Waals surface area contributed by atoms with Gasteiger partial charge in [-0.3, -0.25) is 4.79 Å². The van der Waals surface area contributed by atoms with Crippen LogP contribution in [0.4, 0.5) is 0 Å². The van der Waals surface area contributed by atoms with Crippen molar-refractivity contribution < 1.29 is 4.79 Å². The number of aromatic nitrogens is 2. The van der Waals surface area contributed by atoms with E-state index in [9.17, 15) is 4.79 Å². The van der Waals surface area contributed by atoms with Gasteiger partial charge in [0, 0.05) is 23.2 Å². The minimum Gasteiger partial charge on any atom is -0.366 e. The molecule has 1 aromatic heterocycles. The smallest absolute Gasteiger partial charge is 0.248 e. The lowest BCUT2D eigenvalue weighted by molar-refractivity contribution is 0.100. The molecule has 0 radical (unpaired) electrons. The van der Waals surface area contributed by atoms with E-state index in [1.807, 2.05) is 41.9 Å². The second-order valence-corrected chi connectivity index (χ2v) is 7.00. The van der Waals surface area contributed by atoms with Crippen molar-refractivity contribution in [1.82, 2.24) is 9.55 Å². The van der Waals surface area contributed by atoms with Crippen molar-refractivity contribution in [2.75, 3.05) is 0 Å². The number of nitrogens with two attached hydrogens (primary N) is 1. The predicted octanol–water partition coefficient (Wildman–Crippen LogP) is 4.58. The SMILES string of the molecule is Cn1c(-c2ccc(Cc3ccc(Cl)cc3)cc2)nc2cc(C(N)=O)ccc21. The molecule has 0 bridgehead atoms. The van der Waals surface area contributed by atoms with Crippen molar-refractivity contribution in [3.8, 4) is 11.4 Å². The van der Waals surface area contributed by atoms with Crippen LogP contribution < -0.4 is 5.73 Å². The van der Waals surface area contributed by atoms with Crippen LogP contribution in [0.1, 0.15) is 21.5 Å². The summed E-state index contributed by atoms with van der Waals surface area (Å²) in [6, 6.07) is 21.6. The van der Waals surface area contributed by atoms with Crippen LogP contribution in [0.5, 0.6) is 0 Å². The molecule has 134 valence electrons. The highest BCUT2D eigenvalue weighted by molar-refractivity contribution is 6.30. The number of halogens is 1. The van der Waals surface area contributed by atoms with Gasteiger partial charge in [-0.2, -0.15) is 0 Å². The molecule has 0 spiro atoms. The lowest BCUT2D eigenvalue weighted by Gasteiger charge is -2.06. The highest BCUT2D eigenvalue weighted by Gasteiger charge is 2.12. The zero-order chi connectivity index (χ0) is 19.0. The van der Waals surface area contributed by atoms with Crippen LogP contribution in [-0.2, 0) is 13.5 Å². The Morgan fingerprint density at radius 1 is 1.00 bits per heavy atom. The monoisotopic (exact) mass is 375 g/mol. The van der Waals surface area contributed by atoms with E-state index in [1.165, 1.54) is 11.1 Å². The summed E-state index contributed by atoms with van der Waals surface area (Å²) in [6.07, 6.45) is 0.849. The van der Waals surface area contributed by atoms with Crippen LogP contribution in [0.2, 0.25) is 5.02 Å². The summed E-state index contributed by atoms with van der Waals surface area (Å²) >= 11 is 5.94. The summed E-state index contributed by atoms with van der Waals surface area (Å²) in [7, 11) is 1.97. The molecule has 0 aliphatic heterocycles. The molecule has 0 aliphatic rings. The molecular formula is C22H18ClN3O. The fourth-order valence-corrected chi connectivity index (χ4v) is 3.35. The number of hydrogen-bond acceptors (Lipinski definition) is 2. The lowest BCUT2D eigenvalue weighted by atomic mass is 10.0. The number of hydrogen-bond donors (Lipinski definition) is 1. The van der Waals surface area contributed by atoms with Crippen molar-refractivity contribution in [3.63, 3.8) is 0 Å². The van der Waals surface area contributed by atoms with Crippen molar-refractivity contribution in [2.24, 2.45) is 12.8 Å². The first kappa shape index (κ1) is 17.3. The lowest BCUT2D eigenvalue weighted by Crippen LogP contribution is -2.10. The van der Waals surface area contributed by atoms with Gasteiger partial charge in [-0.1, -0.05) is 48.0 Å². The molecule has 0 saturated carbocycles. The third kappa shape index (κ3) is 3.44. The quantitative estimate of drug-likeness (QED) is 0.567. The van der Waals surface area contributed by atoms with Gasteiger partial charge < -0.3 is 10.3 Å². The topological polar surface area (TPSA) is 60.9 Å². The minimum absolute atomic E-state index is 0.448. The van der Waals surface area contributed by atoms with Crippen molar-refractivity contribution >= 4 is 28.5 Å². The molecule has 1 heterocycles. The molecule has 3 aromatic carbocycles. The van der Waals surface area contributed by atoms with Crippen LogP contribution in [0, 0.1) is 0 Å². The Bertz CT molecular complexity index is 1130. The number of benzene rings is 3. The Balaban J connectivity index is 1.64. The summed E-state index contributed by atoms with van der Waals surface area (Å²) in [5, 5.41) is 0.746. The van der Waals surface area contributed by atoms with E-state index >= 15 is 0 Å². The molecule has 4 aromatic rings. The summed E-state index contributed by atoms with van der Waals surface area (Å²) in [6.45, 7) is 0. The molecular weight excluding hydrogens is 358 g/mol. The van der Waals surface area contributed by atoms with E-state index in [-0.39, 0.29) is 0 Å². The third-order valence-corrected chi connectivity index (χ3v) is 4.95. The van der Waals surface area contributed by atoms with Gasteiger partial charge in [-0.15, -0.1) is 0 Å². The fraction of sp³-hybridized carbons (Fsp3) is 0.0909. The number of rotatable bonds is 4. The number of fused-ring (bicyclic) bond motifs is 1. The van der Waals surface area contributed by atoms with Crippen molar-refractivity contribution in [1.29, 1.82) is 0 Å². The summed E-state index contributed by atoms with van der Waals surface area (Å²) in [4.78, 5) is 16.1. The average Bonchev–Trinajstić information content (AvgIpc) is 3.00. The maximum Gasteiger partial charge on any atom is 0.248 e. The Labute approximate surface area is 162 Å². The van der Waals surface area contributed by atoms with Gasteiger partial charge in [0.15, 0.2) is 0 Å². The predicted molar refractivity (Wildman–Crippen MR) is 109 cm³/mol. The molecule has 0 unspecified atom stereocenters. The molecule has 0 aliphatic carbocycles. The minimum atomic E-state index is -0.448. The highest BCUT2D eigenvalue weighted by atomic mass is 35.5. The molecule has 27 heavy (non-hydrogen) atoms. The van der Waals surface area contributed by atoms with E-state index in [0.29, 0.717) is 5.56 Å². The zero-order valence-electron chi connectivity index (χ0n) is 14.8. The molecule has 1 amide bonds. The van der Waals surface area contributed by atoms with E-state index in [1.54, 1.807) is 12.1 Å². The van der Waals surface area contributed by atoms with Gasteiger partial charge in [-0.25, -0.2) is 4.98 Å². The van der Waals surface area contributed by atoms with Crippen LogP contribution in [-0.4, -0.2) is 15.5 Å². The number of primary amides is 1.